The number of rotatable bonds is 7. The van der Waals surface area contributed by atoms with Crippen molar-refractivity contribution in [2.75, 3.05) is 51.3 Å². The summed E-state index contributed by atoms with van der Waals surface area (Å²) in [5, 5.41) is 6.11. The number of amides is 1. The van der Waals surface area contributed by atoms with E-state index in [2.05, 4.69) is 37.6 Å². The van der Waals surface area contributed by atoms with E-state index in [0.717, 1.165) is 50.2 Å². The van der Waals surface area contributed by atoms with Crippen LogP contribution >= 0.6 is 24.0 Å². The Labute approximate surface area is 194 Å². The largest absolute Gasteiger partial charge is 0.497 e. The van der Waals surface area contributed by atoms with Gasteiger partial charge in [0.1, 0.15) is 18.1 Å². The average Bonchev–Trinajstić information content (AvgIpc) is 3.29. The Morgan fingerprint density at radius 1 is 1.13 bits per heavy atom. The van der Waals surface area contributed by atoms with Gasteiger partial charge in [0.25, 0.3) is 0 Å². The van der Waals surface area contributed by atoms with Crippen molar-refractivity contribution in [2.24, 2.45) is 4.99 Å². The maximum Gasteiger partial charge on any atom is 0.242 e. The highest BCUT2D eigenvalue weighted by atomic mass is 127. The van der Waals surface area contributed by atoms with Gasteiger partial charge in [0.2, 0.25) is 5.91 Å². The first-order valence-electron chi connectivity index (χ1n) is 9.91. The van der Waals surface area contributed by atoms with Crippen LogP contribution in [0.5, 0.6) is 5.75 Å². The van der Waals surface area contributed by atoms with Crippen LogP contribution < -0.4 is 20.3 Å². The van der Waals surface area contributed by atoms with Crippen LogP contribution in [0.4, 0.5) is 5.69 Å². The number of methoxy groups -OCH3 is 1. The summed E-state index contributed by atoms with van der Waals surface area (Å²) in [7, 11) is 1.67. The van der Waals surface area contributed by atoms with E-state index >= 15 is 0 Å². The molecule has 8 nitrogen and oxygen atoms in total. The van der Waals surface area contributed by atoms with Gasteiger partial charge in [-0.2, -0.15) is 0 Å². The minimum atomic E-state index is -0.131. The van der Waals surface area contributed by atoms with Gasteiger partial charge in [0, 0.05) is 38.4 Å². The minimum absolute atomic E-state index is 0. The Hall–Kier alpha value is -2.43. The molecule has 1 amide bonds. The first kappa shape index (κ1) is 23.8. The Balaban J connectivity index is 0.00000320. The van der Waals surface area contributed by atoms with Crippen molar-refractivity contribution < 1.29 is 13.9 Å². The van der Waals surface area contributed by atoms with Crippen LogP contribution in [-0.4, -0.2) is 63.1 Å². The first-order chi connectivity index (χ1) is 14.2. The molecule has 164 valence electrons. The molecule has 0 bridgehead atoms. The van der Waals surface area contributed by atoms with Gasteiger partial charge in [0.15, 0.2) is 5.96 Å². The van der Waals surface area contributed by atoms with Gasteiger partial charge in [-0.05, 0) is 43.3 Å². The molecule has 1 saturated heterocycles. The van der Waals surface area contributed by atoms with Gasteiger partial charge in [-0.3, -0.25) is 4.79 Å². The topological polar surface area (TPSA) is 82.3 Å². The molecule has 1 aliphatic heterocycles. The second-order valence-corrected chi connectivity index (χ2v) is 6.70. The van der Waals surface area contributed by atoms with E-state index in [9.17, 15) is 4.79 Å². The SMILES string of the molecule is CCNC(=NCC(=O)NCc1ccco1)N1CCN(c2ccc(OC)cc2)CC1.I. The molecule has 0 saturated carbocycles. The molecular formula is C21H30IN5O3. The average molecular weight is 527 g/mol. The minimum Gasteiger partial charge on any atom is -0.497 e. The lowest BCUT2D eigenvalue weighted by Gasteiger charge is -2.37. The number of halogens is 1. The van der Waals surface area contributed by atoms with E-state index in [4.69, 9.17) is 9.15 Å². The van der Waals surface area contributed by atoms with Gasteiger partial charge in [-0.25, -0.2) is 4.99 Å². The smallest absolute Gasteiger partial charge is 0.242 e. The summed E-state index contributed by atoms with van der Waals surface area (Å²) in [6.45, 7) is 6.70. The van der Waals surface area contributed by atoms with E-state index in [1.54, 1.807) is 19.4 Å². The molecule has 0 unspecified atom stereocenters. The quantitative estimate of drug-likeness (QED) is 0.327. The lowest BCUT2D eigenvalue weighted by molar-refractivity contribution is -0.119. The van der Waals surface area contributed by atoms with Crippen molar-refractivity contribution in [1.29, 1.82) is 0 Å². The maximum atomic E-state index is 12.1. The zero-order chi connectivity index (χ0) is 20.5. The number of aliphatic imine (C=N–C) groups is 1. The Kier molecular flexibility index (Phi) is 9.78. The number of piperazine rings is 1. The van der Waals surface area contributed by atoms with Crippen LogP contribution in [0.1, 0.15) is 12.7 Å². The van der Waals surface area contributed by atoms with Gasteiger partial charge >= 0.3 is 0 Å². The summed E-state index contributed by atoms with van der Waals surface area (Å²) in [6, 6.07) is 11.8. The summed E-state index contributed by atoms with van der Waals surface area (Å²) in [5.74, 6) is 2.23. The van der Waals surface area contributed by atoms with Gasteiger partial charge < -0.3 is 29.6 Å². The molecule has 0 aliphatic carbocycles. The first-order valence-corrected chi connectivity index (χ1v) is 9.91. The molecule has 1 fully saturated rings. The fourth-order valence-electron chi connectivity index (χ4n) is 3.20. The van der Waals surface area contributed by atoms with Crippen molar-refractivity contribution in [3.05, 3.63) is 48.4 Å². The zero-order valence-corrected chi connectivity index (χ0v) is 19.8. The Morgan fingerprint density at radius 2 is 1.87 bits per heavy atom. The fraction of sp³-hybridized carbons (Fsp3) is 0.429. The third-order valence-corrected chi connectivity index (χ3v) is 4.76. The van der Waals surface area contributed by atoms with Crippen molar-refractivity contribution >= 4 is 41.5 Å². The van der Waals surface area contributed by atoms with Crippen LogP contribution in [-0.2, 0) is 11.3 Å². The van der Waals surface area contributed by atoms with E-state index in [1.807, 2.05) is 25.1 Å². The van der Waals surface area contributed by atoms with Gasteiger partial charge in [-0.15, -0.1) is 24.0 Å². The third-order valence-electron chi connectivity index (χ3n) is 4.76. The van der Waals surface area contributed by atoms with Crippen molar-refractivity contribution in [3.8, 4) is 5.75 Å². The van der Waals surface area contributed by atoms with Crippen LogP contribution in [0.2, 0.25) is 0 Å². The number of carbonyl (C=O) groups is 1. The number of furan rings is 1. The molecule has 0 radical (unpaired) electrons. The van der Waals surface area contributed by atoms with E-state index in [-0.39, 0.29) is 36.4 Å². The number of nitrogens with one attached hydrogen (secondary N) is 2. The summed E-state index contributed by atoms with van der Waals surface area (Å²) in [6.07, 6.45) is 1.59. The van der Waals surface area contributed by atoms with Crippen molar-refractivity contribution in [3.63, 3.8) is 0 Å². The molecule has 0 spiro atoms. The van der Waals surface area contributed by atoms with E-state index in [1.165, 1.54) is 5.69 Å². The molecule has 1 aromatic carbocycles. The van der Waals surface area contributed by atoms with Crippen LogP contribution in [0.3, 0.4) is 0 Å². The maximum absolute atomic E-state index is 12.1. The second kappa shape index (κ2) is 12.3. The molecular weight excluding hydrogens is 497 g/mol. The molecule has 2 heterocycles. The molecule has 3 rings (SSSR count). The second-order valence-electron chi connectivity index (χ2n) is 6.70. The number of hydrogen-bond donors (Lipinski definition) is 2. The number of carbonyl (C=O) groups excluding carboxylic acids is 1. The summed E-state index contributed by atoms with van der Waals surface area (Å²) in [5.41, 5.74) is 1.18. The highest BCUT2D eigenvalue weighted by Gasteiger charge is 2.20. The van der Waals surface area contributed by atoms with E-state index < -0.39 is 0 Å². The fourth-order valence-corrected chi connectivity index (χ4v) is 3.20. The number of guanidine groups is 1. The molecule has 1 aromatic heterocycles. The number of hydrogen-bond acceptors (Lipinski definition) is 5. The van der Waals surface area contributed by atoms with Crippen molar-refractivity contribution in [1.82, 2.24) is 15.5 Å². The lowest BCUT2D eigenvalue weighted by Crippen LogP contribution is -2.52. The summed E-state index contributed by atoms with van der Waals surface area (Å²) in [4.78, 5) is 21.1. The molecule has 30 heavy (non-hydrogen) atoms. The zero-order valence-electron chi connectivity index (χ0n) is 17.5. The highest BCUT2D eigenvalue weighted by molar-refractivity contribution is 14.0. The van der Waals surface area contributed by atoms with Crippen LogP contribution in [0, 0.1) is 0 Å². The predicted octanol–water partition coefficient (Wildman–Crippen LogP) is 2.31. The Bertz CT molecular complexity index is 787. The number of anilines is 1. The molecule has 0 atom stereocenters. The standard InChI is InChI=1S/C21H29N5O3.HI/c1-3-22-21(24-16-20(27)23-15-19-5-4-14-29-19)26-12-10-25(11-13-26)17-6-8-18(28-2)9-7-17;/h4-9,14H,3,10-13,15-16H2,1-2H3,(H,22,24)(H,23,27);1H. The predicted molar refractivity (Wildman–Crippen MR) is 129 cm³/mol. The number of benzene rings is 1. The van der Waals surface area contributed by atoms with Crippen LogP contribution in [0.25, 0.3) is 0 Å². The molecule has 9 heteroatoms. The molecule has 1 aliphatic rings. The number of ether oxygens (including phenoxy) is 1. The highest BCUT2D eigenvalue weighted by Crippen LogP contribution is 2.20. The summed E-state index contributed by atoms with van der Waals surface area (Å²) >= 11 is 0. The third kappa shape index (κ3) is 6.82. The normalized spacial score (nSPS) is 14.1. The summed E-state index contributed by atoms with van der Waals surface area (Å²) < 4.78 is 10.4. The van der Waals surface area contributed by atoms with E-state index in [0.29, 0.717) is 6.54 Å². The molecule has 2 aromatic rings. The van der Waals surface area contributed by atoms with Gasteiger partial charge in [0.05, 0.1) is 19.9 Å². The number of nitrogens with zero attached hydrogens (tertiary/aromatic N) is 3. The lowest BCUT2D eigenvalue weighted by atomic mass is 10.2. The van der Waals surface area contributed by atoms with Gasteiger partial charge in [-0.1, -0.05) is 0 Å². The van der Waals surface area contributed by atoms with Crippen molar-refractivity contribution in [2.45, 2.75) is 13.5 Å². The van der Waals surface area contributed by atoms with Crippen LogP contribution in [0.15, 0.2) is 52.1 Å². The molecule has 2 N–H and O–H groups in total. The monoisotopic (exact) mass is 527 g/mol. The Morgan fingerprint density at radius 3 is 2.47 bits per heavy atom.